The molecule has 18 heavy (non-hydrogen) atoms. The van der Waals surface area contributed by atoms with E-state index in [1.165, 1.54) is 0 Å². The van der Waals surface area contributed by atoms with Crippen molar-refractivity contribution in [3.63, 3.8) is 0 Å². The molecule has 1 aromatic rings. The van der Waals surface area contributed by atoms with Crippen LogP contribution in [-0.4, -0.2) is 32.7 Å². The monoisotopic (exact) mass is 292 g/mol. The van der Waals surface area contributed by atoms with Gasteiger partial charge in [0, 0.05) is 24.4 Å². The third kappa shape index (κ3) is 6.21. The van der Waals surface area contributed by atoms with Crippen molar-refractivity contribution in [3.8, 4) is 0 Å². The number of carbonyl (C=O) groups excluding carboxylic acids is 1. The minimum atomic E-state index is -0.0773. The summed E-state index contributed by atoms with van der Waals surface area (Å²) in [5.41, 5.74) is 1.73. The molecule has 0 bridgehead atoms. The Morgan fingerprint density at radius 1 is 1.44 bits per heavy atom. The van der Waals surface area contributed by atoms with E-state index >= 15 is 0 Å². The smallest absolute Gasteiger partial charge is 0.238 e. The number of aryl methyl sites for hydroxylation is 1. The fraction of sp³-hybridized carbons (Fsp3) is 0.417. The van der Waals surface area contributed by atoms with Crippen molar-refractivity contribution in [2.75, 3.05) is 32.1 Å². The van der Waals surface area contributed by atoms with Crippen LogP contribution in [0.4, 0.5) is 5.69 Å². The predicted molar refractivity (Wildman–Crippen MR) is 76.8 cm³/mol. The number of hydrogen-bond donors (Lipinski definition) is 2. The van der Waals surface area contributed by atoms with Gasteiger partial charge in [-0.2, -0.15) is 0 Å². The van der Waals surface area contributed by atoms with Gasteiger partial charge in [-0.05, 0) is 30.7 Å². The second kappa shape index (κ2) is 9.16. The van der Waals surface area contributed by atoms with Gasteiger partial charge in [0.15, 0.2) is 0 Å². The largest absolute Gasteiger partial charge is 0.383 e. The maximum atomic E-state index is 11.6. The van der Waals surface area contributed by atoms with Gasteiger partial charge in [-0.1, -0.05) is 11.6 Å². The molecule has 4 nitrogen and oxygen atoms in total. The highest BCUT2D eigenvalue weighted by atomic mass is 35.5. The highest BCUT2D eigenvalue weighted by molar-refractivity contribution is 6.30. The highest BCUT2D eigenvalue weighted by Crippen LogP contribution is 2.19. The molecule has 0 saturated heterocycles. The number of nitrogens with one attached hydrogen (secondary N) is 2. The Labute approximate surface area is 118 Å². The standard InChI is InChI=1S/C12H17ClN2O2.ClH/c1-9-7-10(13)3-4-11(9)15-12(16)8-14-5-6-17-2;/h3-4,7,14H,5-6,8H2,1-2H3,(H,15,16);1H. The van der Waals surface area contributed by atoms with Gasteiger partial charge >= 0.3 is 0 Å². The maximum Gasteiger partial charge on any atom is 0.238 e. The average molecular weight is 293 g/mol. The highest BCUT2D eigenvalue weighted by Gasteiger charge is 2.04. The Hall–Kier alpha value is -0.810. The van der Waals surface area contributed by atoms with Crippen LogP contribution in [0, 0.1) is 6.92 Å². The van der Waals surface area contributed by atoms with Crippen molar-refractivity contribution < 1.29 is 9.53 Å². The fourth-order valence-electron chi connectivity index (χ4n) is 1.34. The molecule has 0 aliphatic heterocycles. The molecule has 0 aliphatic rings. The lowest BCUT2D eigenvalue weighted by Gasteiger charge is -2.09. The van der Waals surface area contributed by atoms with Gasteiger partial charge in [0.2, 0.25) is 5.91 Å². The number of carbonyl (C=O) groups is 1. The van der Waals surface area contributed by atoms with Crippen molar-refractivity contribution in [1.29, 1.82) is 0 Å². The Balaban J connectivity index is 0.00000289. The zero-order valence-electron chi connectivity index (χ0n) is 10.5. The van der Waals surface area contributed by atoms with Crippen LogP contribution in [0.15, 0.2) is 18.2 Å². The number of rotatable bonds is 6. The van der Waals surface area contributed by atoms with Crippen molar-refractivity contribution in [3.05, 3.63) is 28.8 Å². The lowest BCUT2D eigenvalue weighted by atomic mass is 10.2. The molecule has 0 aromatic heterocycles. The van der Waals surface area contributed by atoms with Crippen LogP contribution < -0.4 is 10.6 Å². The van der Waals surface area contributed by atoms with E-state index in [0.29, 0.717) is 18.2 Å². The average Bonchev–Trinajstić information content (AvgIpc) is 2.28. The number of anilines is 1. The summed E-state index contributed by atoms with van der Waals surface area (Å²) in [6.07, 6.45) is 0. The van der Waals surface area contributed by atoms with Crippen molar-refractivity contribution in [1.82, 2.24) is 5.32 Å². The van der Waals surface area contributed by atoms with Gasteiger partial charge in [-0.15, -0.1) is 12.4 Å². The Morgan fingerprint density at radius 3 is 2.78 bits per heavy atom. The van der Waals surface area contributed by atoms with E-state index in [1.54, 1.807) is 19.2 Å². The van der Waals surface area contributed by atoms with Crippen molar-refractivity contribution in [2.45, 2.75) is 6.92 Å². The molecule has 0 saturated carbocycles. The van der Waals surface area contributed by atoms with E-state index in [0.717, 1.165) is 11.3 Å². The van der Waals surface area contributed by atoms with E-state index < -0.39 is 0 Å². The fourth-order valence-corrected chi connectivity index (χ4v) is 1.56. The molecule has 0 radical (unpaired) electrons. The van der Waals surface area contributed by atoms with Gasteiger partial charge in [0.05, 0.1) is 13.2 Å². The van der Waals surface area contributed by atoms with Gasteiger partial charge in [-0.25, -0.2) is 0 Å². The van der Waals surface area contributed by atoms with E-state index in [2.05, 4.69) is 10.6 Å². The summed E-state index contributed by atoms with van der Waals surface area (Å²) in [5.74, 6) is -0.0773. The Morgan fingerprint density at radius 2 is 2.17 bits per heavy atom. The van der Waals surface area contributed by atoms with Crippen LogP contribution >= 0.6 is 24.0 Å². The van der Waals surface area contributed by atoms with Gasteiger partial charge in [-0.3, -0.25) is 4.79 Å². The van der Waals surface area contributed by atoms with Crippen LogP contribution in [0.1, 0.15) is 5.56 Å². The normalized spacial score (nSPS) is 9.72. The van der Waals surface area contributed by atoms with E-state index in [4.69, 9.17) is 16.3 Å². The molecule has 1 aromatic carbocycles. The topological polar surface area (TPSA) is 50.4 Å². The van der Waals surface area contributed by atoms with Crippen LogP contribution in [0.3, 0.4) is 0 Å². The van der Waals surface area contributed by atoms with E-state index in [1.807, 2.05) is 13.0 Å². The lowest BCUT2D eigenvalue weighted by Crippen LogP contribution is -2.30. The van der Waals surface area contributed by atoms with Gasteiger partial charge in [0.25, 0.3) is 0 Å². The van der Waals surface area contributed by atoms with E-state index in [9.17, 15) is 4.79 Å². The van der Waals surface area contributed by atoms with Crippen LogP contribution in [0.5, 0.6) is 0 Å². The molecule has 0 spiro atoms. The van der Waals surface area contributed by atoms with Crippen LogP contribution in [0.25, 0.3) is 0 Å². The summed E-state index contributed by atoms with van der Waals surface area (Å²) in [6, 6.07) is 5.36. The molecule has 0 aliphatic carbocycles. The first-order valence-electron chi connectivity index (χ1n) is 5.39. The van der Waals surface area contributed by atoms with Gasteiger partial charge in [0.1, 0.15) is 0 Å². The van der Waals surface area contributed by atoms with Crippen LogP contribution in [-0.2, 0) is 9.53 Å². The molecule has 1 amide bonds. The summed E-state index contributed by atoms with van der Waals surface area (Å²) < 4.78 is 4.87. The van der Waals surface area contributed by atoms with Gasteiger partial charge < -0.3 is 15.4 Å². The molecule has 0 unspecified atom stereocenters. The molecule has 0 fully saturated rings. The summed E-state index contributed by atoms with van der Waals surface area (Å²) >= 11 is 5.83. The molecule has 2 N–H and O–H groups in total. The SMILES string of the molecule is COCCNCC(=O)Nc1ccc(Cl)cc1C.Cl. The first-order chi connectivity index (χ1) is 8.13. The Bertz CT molecular complexity index is 386. The maximum absolute atomic E-state index is 11.6. The van der Waals surface area contributed by atoms with Crippen molar-refractivity contribution >= 4 is 35.6 Å². The third-order valence-corrected chi connectivity index (χ3v) is 2.47. The first kappa shape index (κ1) is 17.2. The number of amides is 1. The Kier molecular flexibility index (Phi) is 8.75. The number of benzene rings is 1. The number of hydrogen-bond acceptors (Lipinski definition) is 3. The minimum absolute atomic E-state index is 0. The van der Waals surface area contributed by atoms with E-state index in [-0.39, 0.29) is 24.9 Å². The molecular weight excluding hydrogens is 275 g/mol. The summed E-state index contributed by atoms with van der Waals surface area (Å²) in [4.78, 5) is 11.6. The third-order valence-electron chi connectivity index (χ3n) is 2.23. The number of methoxy groups -OCH3 is 1. The zero-order chi connectivity index (χ0) is 12.7. The number of halogens is 2. The number of ether oxygens (including phenoxy) is 1. The molecule has 102 valence electrons. The lowest BCUT2D eigenvalue weighted by molar-refractivity contribution is -0.115. The molecule has 0 atom stereocenters. The van der Waals surface area contributed by atoms with Crippen molar-refractivity contribution in [2.24, 2.45) is 0 Å². The molecule has 0 heterocycles. The predicted octanol–water partition coefficient (Wildman–Crippen LogP) is 2.24. The van der Waals surface area contributed by atoms with Crippen LogP contribution in [0.2, 0.25) is 5.02 Å². The molecule has 6 heteroatoms. The zero-order valence-corrected chi connectivity index (χ0v) is 12.0. The second-order valence-electron chi connectivity index (χ2n) is 3.68. The first-order valence-corrected chi connectivity index (χ1v) is 5.77. The molecular formula is C12H18Cl2N2O2. The molecule has 1 rings (SSSR count). The summed E-state index contributed by atoms with van der Waals surface area (Å²) in [6.45, 7) is 3.42. The minimum Gasteiger partial charge on any atom is -0.383 e. The quantitative estimate of drug-likeness (QED) is 0.791. The summed E-state index contributed by atoms with van der Waals surface area (Å²) in [5, 5.41) is 6.45. The second-order valence-corrected chi connectivity index (χ2v) is 4.11. The summed E-state index contributed by atoms with van der Waals surface area (Å²) in [7, 11) is 1.62.